The highest BCUT2D eigenvalue weighted by atomic mass is 35.5. The summed E-state index contributed by atoms with van der Waals surface area (Å²) in [5, 5.41) is 5.17. The molecule has 0 spiro atoms. The molecule has 0 bridgehead atoms. The highest BCUT2D eigenvalue weighted by molar-refractivity contribution is 7.22. The van der Waals surface area contributed by atoms with E-state index in [1.165, 1.54) is 11.3 Å². The number of aryl methyl sites for hydroxylation is 1. The van der Waals surface area contributed by atoms with Gasteiger partial charge in [-0.05, 0) is 36.8 Å². The molecule has 124 valence electrons. The van der Waals surface area contributed by atoms with Gasteiger partial charge < -0.3 is 5.32 Å². The second kappa shape index (κ2) is 6.59. The third-order valence-electron chi connectivity index (χ3n) is 3.64. The summed E-state index contributed by atoms with van der Waals surface area (Å²) in [6.07, 6.45) is 3.53. The molecular weight excluding hydrogens is 375 g/mol. The van der Waals surface area contributed by atoms with Crippen LogP contribution in [0.4, 0.5) is 11.6 Å². The summed E-state index contributed by atoms with van der Waals surface area (Å²) in [6.45, 7) is 2.00. The molecular formula is C18H12Cl2N4S. The minimum Gasteiger partial charge on any atom is -0.324 e. The zero-order chi connectivity index (χ0) is 17.4. The van der Waals surface area contributed by atoms with Gasteiger partial charge in [0.25, 0.3) is 0 Å². The number of nitrogens with one attached hydrogen (secondary N) is 1. The average molecular weight is 387 g/mol. The fourth-order valence-corrected chi connectivity index (χ4v) is 4.18. The third kappa shape index (κ3) is 3.18. The number of hydrogen-bond donors (Lipinski definition) is 1. The first kappa shape index (κ1) is 16.3. The minimum absolute atomic E-state index is 0.578. The molecule has 1 N–H and O–H groups in total. The fourth-order valence-electron chi connectivity index (χ4n) is 2.42. The lowest BCUT2D eigenvalue weighted by molar-refractivity contribution is 1.24. The summed E-state index contributed by atoms with van der Waals surface area (Å²) in [5.74, 6) is 1.44. The molecule has 25 heavy (non-hydrogen) atoms. The molecule has 1 aromatic carbocycles. The quantitative estimate of drug-likeness (QED) is 0.461. The van der Waals surface area contributed by atoms with E-state index in [-0.39, 0.29) is 0 Å². The van der Waals surface area contributed by atoms with Gasteiger partial charge in [0, 0.05) is 18.0 Å². The maximum absolute atomic E-state index is 6.32. The number of hydrogen-bond acceptors (Lipinski definition) is 5. The van der Waals surface area contributed by atoms with E-state index < -0.39 is 0 Å². The number of thiazole rings is 1. The van der Waals surface area contributed by atoms with Crippen molar-refractivity contribution >= 4 is 56.4 Å². The van der Waals surface area contributed by atoms with E-state index in [2.05, 4.69) is 20.3 Å². The van der Waals surface area contributed by atoms with Gasteiger partial charge in [-0.1, -0.05) is 35.3 Å². The van der Waals surface area contributed by atoms with Gasteiger partial charge in [-0.2, -0.15) is 0 Å². The lowest BCUT2D eigenvalue weighted by Gasteiger charge is -2.05. The first-order valence-corrected chi connectivity index (χ1v) is 9.08. The Bertz CT molecular complexity index is 1040. The summed E-state index contributed by atoms with van der Waals surface area (Å²) in [5.41, 5.74) is 2.68. The van der Waals surface area contributed by atoms with Crippen LogP contribution in [0.2, 0.25) is 10.0 Å². The molecule has 4 rings (SSSR count). The monoisotopic (exact) mass is 386 g/mol. The van der Waals surface area contributed by atoms with Crippen LogP contribution >= 0.6 is 34.5 Å². The Labute approximate surface area is 158 Å². The normalized spacial score (nSPS) is 11.0. The topological polar surface area (TPSA) is 50.7 Å². The van der Waals surface area contributed by atoms with Crippen molar-refractivity contribution < 1.29 is 0 Å². The van der Waals surface area contributed by atoms with Gasteiger partial charge in [0.2, 0.25) is 0 Å². The van der Waals surface area contributed by atoms with Gasteiger partial charge in [0.15, 0.2) is 5.82 Å². The molecule has 0 fully saturated rings. The largest absolute Gasteiger partial charge is 0.324 e. The van der Waals surface area contributed by atoms with E-state index in [1.807, 2.05) is 49.5 Å². The number of anilines is 2. The molecule has 0 aliphatic heterocycles. The summed E-state index contributed by atoms with van der Waals surface area (Å²) >= 11 is 14.1. The maximum atomic E-state index is 6.32. The minimum atomic E-state index is 0.578. The fraction of sp³-hybridized carbons (Fsp3) is 0.0556. The zero-order valence-corrected chi connectivity index (χ0v) is 15.5. The predicted octanol–water partition coefficient (Wildman–Crippen LogP) is 6.11. The molecule has 0 radical (unpaired) electrons. The second-order valence-electron chi connectivity index (χ2n) is 5.47. The first-order valence-electron chi connectivity index (χ1n) is 7.51. The number of benzene rings is 1. The summed E-state index contributed by atoms with van der Waals surface area (Å²) < 4.78 is 0.927. The van der Waals surface area contributed by atoms with Gasteiger partial charge in [0.1, 0.15) is 10.8 Å². The van der Waals surface area contributed by atoms with Crippen LogP contribution in [0.25, 0.3) is 20.8 Å². The van der Waals surface area contributed by atoms with Crippen LogP contribution in [0.5, 0.6) is 0 Å². The van der Waals surface area contributed by atoms with Crippen LogP contribution < -0.4 is 5.32 Å². The van der Waals surface area contributed by atoms with Crippen molar-refractivity contribution in [2.75, 3.05) is 5.32 Å². The van der Waals surface area contributed by atoms with Crippen molar-refractivity contribution in [3.8, 4) is 10.6 Å². The van der Waals surface area contributed by atoms with Crippen molar-refractivity contribution in [3.63, 3.8) is 0 Å². The number of rotatable bonds is 3. The average Bonchev–Trinajstić information content (AvgIpc) is 3.01. The van der Waals surface area contributed by atoms with Gasteiger partial charge >= 0.3 is 0 Å². The Morgan fingerprint density at radius 1 is 1.00 bits per heavy atom. The van der Waals surface area contributed by atoms with Crippen molar-refractivity contribution in [1.29, 1.82) is 0 Å². The van der Waals surface area contributed by atoms with E-state index in [0.717, 1.165) is 32.2 Å². The van der Waals surface area contributed by atoms with Crippen LogP contribution in [0.1, 0.15) is 5.56 Å². The summed E-state index contributed by atoms with van der Waals surface area (Å²) in [7, 11) is 0. The predicted molar refractivity (Wildman–Crippen MR) is 105 cm³/mol. The molecule has 0 saturated heterocycles. The molecule has 3 heterocycles. The number of fused-ring (bicyclic) bond motifs is 1. The van der Waals surface area contributed by atoms with E-state index in [1.54, 1.807) is 6.20 Å². The lowest BCUT2D eigenvalue weighted by atomic mass is 10.2. The van der Waals surface area contributed by atoms with E-state index in [9.17, 15) is 0 Å². The molecule has 3 aromatic heterocycles. The zero-order valence-electron chi connectivity index (χ0n) is 13.1. The standard InChI is InChI=1S/C18H12Cl2N4S/c1-10-5-6-14(22-9-10)24-17-16-13(7-8-21-17)23-18(25-16)15-11(19)3-2-4-12(15)20/h2-9H,1H3,(H,21,22,24). The maximum Gasteiger partial charge on any atom is 0.151 e. The molecule has 4 nitrogen and oxygen atoms in total. The first-order chi connectivity index (χ1) is 12.1. The molecule has 0 saturated carbocycles. The van der Waals surface area contributed by atoms with Crippen molar-refractivity contribution in [3.05, 3.63) is 64.4 Å². The van der Waals surface area contributed by atoms with E-state index in [4.69, 9.17) is 23.2 Å². The second-order valence-corrected chi connectivity index (χ2v) is 7.28. The van der Waals surface area contributed by atoms with Crippen LogP contribution in [0.3, 0.4) is 0 Å². The van der Waals surface area contributed by atoms with Gasteiger partial charge in [0.05, 0.1) is 20.3 Å². The van der Waals surface area contributed by atoms with Crippen LogP contribution in [0, 0.1) is 6.92 Å². The summed E-state index contributed by atoms with van der Waals surface area (Å²) in [4.78, 5) is 13.5. The van der Waals surface area contributed by atoms with Crippen molar-refractivity contribution in [2.24, 2.45) is 0 Å². The van der Waals surface area contributed by atoms with Crippen LogP contribution in [-0.4, -0.2) is 15.0 Å². The van der Waals surface area contributed by atoms with Crippen molar-refractivity contribution in [1.82, 2.24) is 15.0 Å². The number of aromatic nitrogens is 3. The Kier molecular flexibility index (Phi) is 4.29. The highest BCUT2D eigenvalue weighted by Gasteiger charge is 2.15. The molecule has 4 aromatic rings. The highest BCUT2D eigenvalue weighted by Crippen LogP contribution is 2.40. The number of pyridine rings is 2. The third-order valence-corrected chi connectivity index (χ3v) is 5.36. The Morgan fingerprint density at radius 2 is 1.80 bits per heavy atom. The lowest BCUT2D eigenvalue weighted by Crippen LogP contribution is -1.95. The molecule has 0 aliphatic rings. The van der Waals surface area contributed by atoms with Gasteiger partial charge in [-0.15, -0.1) is 11.3 Å². The van der Waals surface area contributed by atoms with Crippen molar-refractivity contribution in [2.45, 2.75) is 6.92 Å². The molecule has 0 atom stereocenters. The Hall–Kier alpha value is -2.21. The van der Waals surface area contributed by atoms with Gasteiger partial charge in [-0.3, -0.25) is 0 Å². The van der Waals surface area contributed by atoms with E-state index in [0.29, 0.717) is 15.9 Å². The van der Waals surface area contributed by atoms with Crippen LogP contribution in [0.15, 0.2) is 48.8 Å². The number of nitrogens with zero attached hydrogens (tertiary/aromatic N) is 3. The smallest absolute Gasteiger partial charge is 0.151 e. The molecule has 0 amide bonds. The molecule has 0 unspecified atom stereocenters. The van der Waals surface area contributed by atoms with E-state index >= 15 is 0 Å². The van der Waals surface area contributed by atoms with Gasteiger partial charge in [-0.25, -0.2) is 15.0 Å². The SMILES string of the molecule is Cc1ccc(Nc2nccc3nc(-c4c(Cl)cccc4Cl)sc23)nc1. The Morgan fingerprint density at radius 3 is 2.52 bits per heavy atom. The number of halogens is 2. The van der Waals surface area contributed by atoms with Crippen LogP contribution in [-0.2, 0) is 0 Å². The molecule has 7 heteroatoms. The Balaban J connectivity index is 1.80. The molecule has 0 aliphatic carbocycles. The summed E-state index contributed by atoms with van der Waals surface area (Å²) in [6, 6.07) is 11.2.